The van der Waals surface area contributed by atoms with Crippen LogP contribution in [0.25, 0.3) is 0 Å². The molecule has 0 spiro atoms. The van der Waals surface area contributed by atoms with Crippen LogP contribution in [0.3, 0.4) is 0 Å². The van der Waals surface area contributed by atoms with Gasteiger partial charge in [-0.3, -0.25) is 14.4 Å². The predicted molar refractivity (Wildman–Crippen MR) is 108 cm³/mol. The van der Waals surface area contributed by atoms with E-state index in [1.807, 2.05) is 0 Å². The molecule has 7 nitrogen and oxygen atoms in total. The maximum atomic E-state index is 12.3. The molecule has 0 aromatic heterocycles. The number of ether oxygens (including phenoxy) is 1. The molecule has 1 heterocycles. The summed E-state index contributed by atoms with van der Waals surface area (Å²) in [7, 11) is 1.51. The summed E-state index contributed by atoms with van der Waals surface area (Å²) < 4.78 is 5.32. The highest BCUT2D eigenvalue weighted by Gasteiger charge is 2.25. The number of carbonyl (C=O) groups is 3. The second kappa shape index (κ2) is 8.31. The van der Waals surface area contributed by atoms with Gasteiger partial charge in [-0.2, -0.15) is 0 Å². The molecule has 0 atom stereocenters. The van der Waals surface area contributed by atoms with Crippen molar-refractivity contribution in [2.75, 3.05) is 29.2 Å². The third-order valence-electron chi connectivity index (χ3n) is 4.52. The fraction of sp³-hybridized carbons (Fsp3) is 0.250. The quantitative estimate of drug-likeness (QED) is 0.769. The van der Waals surface area contributed by atoms with E-state index in [0.717, 1.165) is 6.42 Å². The Morgan fingerprint density at radius 2 is 1.89 bits per heavy atom. The minimum atomic E-state index is -0.830. The van der Waals surface area contributed by atoms with Crippen molar-refractivity contribution in [2.45, 2.75) is 19.8 Å². The highest BCUT2D eigenvalue weighted by atomic mass is 35.5. The third-order valence-corrected chi connectivity index (χ3v) is 4.93. The average molecular weight is 402 g/mol. The molecule has 8 heteroatoms. The van der Waals surface area contributed by atoms with Crippen LogP contribution in [0.1, 0.15) is 18.4 Å². The maximum absolute atomic E-state index is 12.3. The number of hydrogen-bond acceptors (Lipinski definition) is 4. The smallest absolute Gasteiger partial charge is 0.314 e. The lowest BCUT2D eigenvalue weighted by Gasteiger charge is -2.20. The number of nitrogens with one attached hydrogen (secondary N) is 2. The lowest BCUT2D eigenvalue weighted by Crippen LogP contribution is -2.29. The summed E-state index contributed by atoms with van der Waals surface area (Å²) in [6, 6.07) is 9.93. The zero-order valence-corrected chi connectivity index (χ0v) is 16.3. The molecule has 1 aliphatic rings. The van der Waals surface area contributed by atoms with Crippen LogP contribution in [-0.2, 0) is 14.4 Å². The van der Waals surface area contributed by atoms with Crippen molar-refractivity contribution in [3.8, 4) is 5.75 Å². The van der Waals surface area contributed by atoms with Crippen LogP contribution in [0.5, 0.6) is 5.75 Å². The van der Waals surface area contributed by atoms with Gasteiger partial charge in [0.15, 0.2) is 0 Å². The SMILES string of the molecule is COc1ccc(NC(=O)C(=O)Nc2cccc(Cl)c2C)cc1N1CCCC1=O. The van der Waals surface area contributed by atoms with Gasteiger partial charge < -0.3 is 20.3 Å². The first kappa shape index (κ1) is 19.7. The van der Waals surface area contributed by atoms with E-state index in [0.29, 0.717) is 46.4 Å². The standard InChI is InChI=1S/C20H20ClN3O4/c1-12-14(21)5-3-6-15(12)23-20(27)19(26)22-13-8-9-17(28-2)16(11-13)24-10-4-7-18(24)25/h3,5-6,8-9,11H,4,7,10H2,1-2H3,(H,22,26)(H,23,27). The van der Waals surface area contributed by atoms with Crippen LogP contribution in [0.15, 0.2) is 36.4 Å². The maximum Gasteiger partial charge on any atom is 0.314 e. The van der Waals surface area contributed by atoms with Gasteiger partial charge in [0.2, 0.25) is 5.91 Å². The van der Waals surface area contributed by atoms with Crippen LogP contribution in [0, 0.1) is 6.92 Å². The molecule has 3 rings (SSSR count). The van der Waals surface area contributed by atoms with Gasteiger partial charge in [0, 0.05) is 29.4 Å². The van der Waals surface area contributed by atoms with Crippen LogP contribution < -0.4 is 20.3 Å². The van der Waals surface area contributed by atoms with Gasteiger partial charge in [-0.25, -0.2) is 0 Å². The fourth-order valence-corrected chi connectivity index (χ4v) is 3.17. The van der Waals surface area contributed by atoms with Crippen molar-refractivity contribution in [1.29, 1.82) is 0 Å². The fourth-order valence-electron chi connectivity index (χ4n) is 2.99. The van der Waals surface area contributed by atoms with Crippen molar-refractivity contribution in [1.82, 2.24) is 0 Å². The number of carbonyl (C=O) groups excluding carboxylic acids is 3. The molecule has 1 aliphatic heterocycles. The van der Waals surface area contributed by atoms with E-state index >= 15 is 0 Å². The average Bonchev–Trinajstić information content (AvgIpc) is 3.11. The summed E-state index contributed by atoms with van der Waals surface area (Å²) in [5.74, 6) is -1.13. The molecule has 0 unspecified atom stereocenters. The molecule has 2 aromatic rings. The highest BCUT2D eigenvalue weighted by Crippen LogP contribution is 2.34. The van der Waals surface area contributed by atoms with E-state index < -0.39 is 11.8 Å². The van der Waals surface area contributed by atoms with Crippen LogP contribution in [0.4, 0.5) is 17.1 Å². The molecule has 1 fully saturated rings. The Hall–Kier alpha value is -3.06. The third kappa shape index (κ3) is 4.09. The summed E-state index contributed by atoms with van der Waals surface area (Å²) in [5.41, 5.74) is 2.09. The Morgan fingerprint density at radius 3 is 2.57 bits per heavy atom. The lowest BCUT2D eigenvalue weighted by atomic mass is 10.2. The van der Waals surface area contributed by atoms with Gasteiger partial charge in [-0.05, 0) is 49.2 Å². The monoisotopic (exact) mass is 401 g/mol. The molecule has 146 valence electrons. The minimum Gasteiger partial charge on any atom is -0.495 e. The Kier molecular flexibility index (Phi) is 5.84. The number of anilines is 3. The van der Waals surface area contributed by atoms with E-state index in [1.54, 1.807) is 48.2 Å². The molecule has 0 bridgehead atoms. The Morgan fingerprint density at radius 1 is 1.14 bits per heavy atom. The topological polar surface area (TPSA) is 87.7 Å². The number of benzene rings is 2. The van der Waals surface area contributed by atoms with Gasteiger partial charge in [0.05, 0.1) is 12.8 Å². The summed E-state index contributed by atoms with van der Waals surface area (Å²) in [6.45, 7) is 2.33. The van der Waals surface area contributed by atoms with E-state index in [1.165, 1.54) is 7.11 Å². The molecular formula is C20H20ClN3O4. The molecule has 28 heavy (non-hydrogen) atoms. The second-order valence-electron chi connectivity index (χ2n) is 6.36. The number of hydrogen-bond donors (Lipinski definition) is 2. The highest BCUT2D eigenvalue weighted by molar-refractivity contribution is 6.44. The summed E-state index contributed by atoms with van der Waals surface area (Å²) >= 11 is 6.03. The van der Waals surface area contributed by atoms with Crippen LogP contribution >= 0.6 is 11.6 Å². The Labute approximate surface area is 167 Å². The number of nitrogens with zero attached hydrogens (tertiary/aromatic N) is 1. The van der Waals surface area contributed by atoms with Crippen LogP contribution in [-0.4, -0.2) is 31.4 Å². The van der Waals surface area contributed by atoms with Crippen molar-refractivity contribution in [2.24, 2.45) is 0 Å². The molecular weight excluding hydrogens is 382 g/mol. The number of halogens is 1. The number of amides is 3. The molecule has 0 saturated carbocycles. The first-order valence-electron chi connectivity index (χ1n) is 8.76. The summed E-state index contributed by atoms with van der Waals surface area (Å²) in [6.07, 6.45) is 1.24. The second-order valence-corrected chi connectivity index (χ2v) is 6.76. The molecule has 0 aliphatic carbocycles. The molecule has 2 N–H and O–H groups in total. The van der Waals surface area contributed by atoms with E-state index in [-0.39, 0.29) is 5.91 Å². The van der Waals surface area contributed by atoms with Gasteiger partial charge in [-0.1, -0.05) is 17.7 Å². The van der Waals surface area contributed by atoms with Crippen molar-refractivity contribution in [3.63, 3.8) is 0 Å². The molecule has 1 saturated heterocycles. The van der Waals surface area contributed by atoms with Crippen LogP contribution in [0.2, 0.25) is 5.02 Å². The van der Waals surface area contributed by atoms with Gasteiger partial charge in [-0.15, -0.1) is 0 Å². The minimum absolute atomic E-state index is 0.00375. The normalized spacial score (nSPS) is 13.4. The van der Waals surface area contributed by atoms with Gasteiger partial charge in [0.1, 0.15) is 5.75 Å². The largest absolute Gasteiger partial charge is 0.495 e. The summed E-state index contributed by atoms with van der Waals surface area (Å²) in [5, 5.41) is 5.59. The van der Waals surface area contributed by atoms with Crippen molar-refractivity contribution < 1.29 is 19.1 Å². The predicted octanol–water partition coefficient (Wildman–Crippen LogP) is 3.36. The lowest BCUT2D eigenvalue weighted by molar-refractivity contribution is -0.133. The summed E-state index contributed by atoms with van der Waals surface area (Å²) in [4.78, 5) is 38.2. The van der Waals surface area contributed by atoms with Gasteiger partial charge >= 0.3 is 11.8 Å². The van der Waals surface area contributed by atoms with Gasteiger partial charge in [0.25, 0.3) is 0 Å². The molecule has 2 aromatic carbocycles. The first-order chi connectivity index (χ1) is 13.4. The van der Waals surface area contributed by atoms with E-state index in [2.05, 4.69) is 10.6 Å². The van der Waals surface area contributed by atoms with E-state index in [9.17, 15) is 14.4 Å². The Balaban J connectivity index is 1.75. The zero-order chi connectivity index (χ0) is 20.3. The molecule has 3 amide bonds. The van der Waals surface area contributed by atoms with E-state index in [4.69, 9.17) is 16.3 Å². The number of methoxy groups -OCH3 is 1. The number of rotatable bonds is 4. The molecule has 0 radical (unpaired) electrons. The first-order valence-corrected chi connectivity index (χ1v) is 9.14. The zero-order valence-electron chi connectivity index (χ0n) is 15.5. The van der Waals surface area contributed by atoms with Crippen molar-refractivity contribution in [3.05, 3.63) is 47.0 Å². The van der Waals surface area contributed by atoms with Crippen molar-refractivity contribution >= 4 is 46.4 Å². The Bertz CT molecular complexity index is 945.